The van der Waals surface area contributed by atoms with Gasteiger partial charge in [0.05, 0.1) is 7.11 Å². The molecule has 0 saturated carbocycles. The van der Waals surface area contributed by atoms with Crippen molar-refractivity contribution >= 4 is 11.8 Å². The Morgan fingerprint density at radius 1 is 1.30 bits per heavy atom. The molecule has 0 amide bonds. The summed E-state index contributed by atoms with van der Waals surface area (Å²) >= 11 is 1.96. The Balaban J connectivity index is 2.60. The van der Waals surface area contributed by atoms with Gasteiger partial charge in [0.2, 0.25) is 0 Å². The van der Waals surface area contributed by atoms with Crippen LogP contribution in [-0.4, -0.2) is 31.2 Å². The first-order chi connectivity index (χ1) is 9.71. The van der Waals surface area contributed by atoms with Crippen LogP contribution in [0.1, 0.15) is 32.3 Å². The molecule has 0 aliphatic heterocycles. The molecule has 1 rings (SSSR count). The summed E-state index contributed by atoms with van der Waals surface area (Å²) in [7, 11) is 1.49. The zero-order valence-corrected chi connectivity index (χ0v) is 13.6. The summed E-state index contributed by atoms with van der Waals surface area (Å²) in [6, 6.07) is 5.65. The Morgan fingerprint density at radius 2 is 2.10 bits per heavy atom. The number of hydrogen-bond donors (Lipinski definition) is 1. The summed E-state index contributed by atoms with van der Waals surface area (Å²) in [4.78, 5) is 0. The highest BCUT2D eigenvalue weighted by molar-refractivity contribution is 7.99. The number of methoxy groups -OCH3 is 1. The first-order valence-corrected chi connectivity index (χ1v) is 8.50. The topological polar surface area (TPSA) is 21.3 Å². The predicted octanol–water partition coefficient (Wildman–Crippen LogP) is 3.89. The van der Waals surface area contributed by atoms with E-state index in [1.165, 1.54) is 19.3 Å². The van der Waals surface area contributed by atoms with Crippen molar-refractivity contribution in [1.82, 2.24) is 5.32 Å². The highest BCUT2D eigenvalue weighted by Gasteiger charge is 2.11. The van der Waals surface area contributed by atoms with Gasteiger partial charge in [0.15, 0.2) is 11.6 Å². The van der Waals surface area contributed by atoms with Crippen molar-refractivity contribution in [3.05, 3.63) is 29.6 Å². The van der Waals surface area contributed by atoms with E-state index in [0.717, 1.165) is 30.7 Å². The molecule has 4 heteroatoms. The fourth-order valence-corrected chi connectivity index (χ4v) is 3.01. The maximum atomic E-state index is 13.7. The fourth-order valence-electron chi connectivity index (χ4n) is 2.03. The zero-order valence-electron chi connectivity index (χ0n) is 12.7. The standard InChI is InChI=1S/C16H26FNOS/c1-4-8-18-14(12-20-9-5-2)10-13-6-7-16(19-3)15(17)11-13/h6-7,11,14,18H,4-5,8-10,12H2,1-3H3. The van der Waals surface area contributed by atoms with E-state index in [-0.39, 0.29) is 5.82 Å². The monoisotopic (exact) mass is 299 g/mol. The number of thioether (sulfide) groups is 1. The molecular formula is C16H26FNOS. The van der Waals surface area contributed by atoms with Gasteiger partial charge < -0.3 is 10.1 Å². The molecule has 0 bridgehead atoms. The molecule has 0 aliphatic rings. The van der Waals surface area contributed by atoms with Gasteiger partial charge in [-0.05, 0) is 49.3 Å². The van der Waals surface area contributed by atoms with E-state index in [1.807, 2.05) is 17.8 Å². The number of nitrogens with one attached hydrogen (secondary N) is 1. The third-order valence-electron chi connectivity index (χ3n) is 3.05. The number of halogens is 1. The van der Waals surface area contributed by atoms with Gasteiger partial charge in [-0.2, -0.15) is 11.8 Å². The predicted molar refractivity (Wildman–Crippen MR) is 86.4 cm³/mol. The second kappa shape index (κ2) is 10.1. The normalized spacial score (nSPS) is 12.4. The van der Waals surface area contributed by atoms with E-state index >= 15 is 0 Å². The minimum atomic E-state index is -0.277. The Hall–Kier alpha value is -0.740. The van der Waals surface area contributed by atoms with Crippen molar-refractivity contribution < 1.29 is 9.13 Å². The van der Waals surface area contributed by atoms with Crippen molar-refractivity contribution in [2.75, 3.05) is 25.2 Å². The maximum absolute atomic E-state index is 13.7. The average molecular weight is 299 g/mol. The lowest BCUT2D eigenvalue weighted by Gasteiger charge is -2.18. The van der Waals surface area contributed by atoms with Crippen LogP contribution in [-0.2, 0) is 6.42 Å². The average Bonchev–Trinajstić information content (AvgIpc) is 2.45. The summed E-state index contributed by atoms with van der Waals surface area (Å²) in [5.74, 6) is 2.29. The molecule has 1 atom stereocenters. The van der Waals surface area contributed by atoms with Gasteiger partial charge in [-0.15, -0.1) is 0 Å². The lowest BCUT2D eigenvalue weighted by molar-refractivity contribution is 0.386. The first-order valence-electron chi connectivity index (χ1n) is 7.34. The Bertz CT molecular complexity index is 387. The van der Waals surface area contributed by atoms with Crippen molar-refractivity contribution in [3.63, 3.8) is 0 Å². The highest BCUT2D eigenvalue weighted by atomic mass is 32.2. The maximum Gasteiger partial charge on any atom is 0.165 e. The summed E-state index contributed by atoms with van der Waals surface area (Å²) in [5, 5.41) is 3.55. The van der Waals surface area contributed by atoms with E-state index in [9.17, 15) is 4.39 Å². The molecule has 0 saturated heterocycles. The first kappa shape index (κ1) is 17.3. The van der Waals surface area contributed by atoms with Crippen LogP contribution in [0.15, 0.2) is 18.2 Å². The molecule has 0 heterocycles. The fraction of sp³-hybridized carbons (Fsp3) is 0.625. The van der Waals surface area contributed by atoms with Gasteiger partial charge in [0, 0.05) is 11.8 Å². The minimum Gasteiger partial charge on any atom is -0.494 e. The summed E-state index contributed by atoms with van der Waals surface area (Å²) in [6.07, 6.45) is 3.17. The van der Waals surface area contributed by atoms with Crippen LogP contribution >= 0.6 is 11.8 Å². The van der Waals surface area contributed by atoms with Crippen molar-refractivity contribution in [1.29, 1.82) is 0 Å². The smallest absolute Gasteiger partial charge is 0.165 e. The number of hydrogen-bond acceptors (Lipinski definition) is 3. The lowest BCUT2D eigenvalue weighted by Crippen LogP contribution is -2.34. The van der Waals surface area contributed by atoms with Crippen LogP contribution < -0.4 is 10.1 Å². The summed E-state index contributed by atoms with van der Waals surface area (Å²) in [6.45, 7) is 5.37. The Labute approximate surface area is 126 Å². The molecule has 0 aromatic heterocycles. The lowest BCUT2D eigenvalue weighted by atomic mass is 10.1. The minimum absolute atomic E-state index is 0.277. The van der Waals surface area contributed by atoms with Gasteiger partial charge >= 0.3 is 0 Å². The molecule has 1 N–H and O–H groups in total. The molecule has 20 heavy (non-hydrogen) atoms. The van der Waals surface area contributed by atoms with Crippen LogP contribution in [0.3, 0.4) is 0 Å². The molecular weight excluding hydrogens is 273 g/mol. The van der Waals surface area contributed by atoms with E-state index in [0.29, 0.717) is 11.8 Å². The molecule has 1 unspecified atom stereocenters. The summed E-state index contributed by atoms with van der Waals surface area (Å²) in [5.41, 5.74) is 1.02. The van der Waals surface area contributed by atoms with Gasteiger partial charge in [-0.25, -0.2) is 4.39 Å². The number of benzene rings is 1. The summed E-state index contributed by atoms with van der Waals surface area (Å²) < 4.78 is 18.7. The van der Waals surface area contributed by atoms with E-state index in [4.69, 9.17) is 4.74 Å². The largest absolute Gasteiger partial charge is 0.494 e. The van der Waals surface area contributed by atoms with E-state index in [2.05, 4.69) is 19.2 Å². The second-order valence-electron chi connectivity index (χ2n) is 4.90. The van der Waals surface area contributed by atoms with Crippen LogP contribution in [0.2, 0.25) is 0 Å². The molecule has 114 valence electrons. The molecule has 1 aromatic carbocycles. The van der Waals surface area contributed by atoms with Crippen LogP contribution in [0.4, 0.5) is 4.39 Å². The van der Waals surface area contributed by atoms with Crippen molar-refractivity contribution in [2.45, 2.75) is 39.2 Å². The molecule has 2 nitrogen and oxygen atoms in total. The van der Waals surface area contributed by atoms with Crippen LogP contribution in [0.5, 0.6) is 5.75 Å². The quantitative estimate of drug-likeness (QED) is 0.662. The Morgan fingerprint density at radius 3 is 2.70 bits per heavy atom. The molecule has 0 fully saturated rings. The van der Waals surface area contributed by atoms with Crippen LogP contribution in [0, 0.1) is 5.82 Å². The molecule has 1 aromatic rings. The molecule has 0 spiro atoms. The molecule has 0 aliphatic carbocycles. The van der Waals surface area contributed by atoms with E-state index in [1.54, 1.807) is 12.1 Å². The molecule has 0 radical (unpaired) electrons. The van der Waals surface area contributed by atoms with Gasteiger partial charge in [-0.1, -0.05) is 19.9 Å². The van der Waals surface area contributed by atoms with Gasteiger partial charge in [-0.3, -0.25) is 0 Å². The van der Waals surface area contributed by atoms with Gasteiger partial charge in [0.25, 0.3) is 0 Å². The zero-order chi connectivity index (χ0) is 14.8. The third kappa shape index (κ3) is 6.14. The van der Waals surface area contributed by atoms with E-state index < -0.39 is 0 Å². The van der Waals surface area contributed by atoms with Crippen molar-refractivity contribution in [3.8, 4) is 5.75 Å². The number of rotatable bonds is 10. The second-order valence-corrected chi connectivity index (χ2v) is 6.05. The SMILES string of the molecule is CCCNC(CSCCC)Cc1ccc(OC)c(F)c1. The highest BCUT2D eigenvalue weighted by Crippen LogP contribution is 2.19. The Kier molecular flexibility index (Phi) is 8.70. The van der Waals surface area contributed by atoms with Crippen LogP contribution in [0.25, 0.3) is 0 Å². The van der Waals surface area contributed by atoms with Gasteiger partial charge in [0.1, 0.15) is 0 Å². The third-order valence-corrected chi connectivity index (χ3v) is 4.38. The van der Waals surface area contributed by atoms with Crippen molar-refractivity contribution in [2.24, 2.45) is 0 Å². The number of ether oxygens (including phenoxy) is 1.